The van der Waals surface area contributed by atoms with Gasteiger partial charge in [0.15, 0.2) is 0 Å². The van der Waals surface area contributed by atoms with Crippen LogP contribution in [0.3, 0.4) is 0 Å². The van der Waals surface area contributed by atoms with Crippen molar-refractivity contribution in [2.24, 2.45) is 0 Å². The summed E-state index contributed by atoms with van der Waals surface area (Å²) in [6, 6.07) is 16.6. The van der Waals surface area contributed by atoms with E-state index >= 15 is 0 Å². The van der Waals surface area contributed by atoms with E-state index < -0.39 is 28.1 Å². The minimum absolute atomic E-state index is 0.0267. The number of piperazine rings is 1. The number of carboxylic acid groups (broad SMARTS) is 2. The molecule has 1 aliphatic heterocycles. The fraction of sp³-hybridized carbons (Fsp3) is 0.231. The van der Waals surface area contributed by atoms with E-state index in [1.54, 1.807) is 18.2 Å². The van der Waals surface area contributed by atoms with Crippen LogP contribution in [0.25, 0.3) is 0 Å². The summed E-state index contributed by atoms with van der Waals surface area (Å²) in [5.41, 5.74) is 1.65. The Labute approximate surface area is 232 Å². The third-order valence-corrected chi connectivity index (χ3v) is 7.29. The van der Waals surface area contributed by atoms with Crippen LogP contribution >= 0.6 is 0 Å². The second-order valence-corrected chi connectivity index (χ2v) is 10.3. The van der Waals surface area contributed by atoms with Crippen LogP contribution in [0.2, 0.25) is 0 Å². The van der Waals surface area contributed by atoms with E-state index in [0.29, 0.717) is 37.6 Å². The van der Waals surface area contributed by atoms with E-state index in [4.69, 9.17) is 14.6 Å². The van der Waals surface area contributed by atoms with Crippen molar-refractivity contribution in [3.05, 3.63) is 78.1 Å². The summed E-state index contributed by atoms with van der Waals surface area (Å²) in [7, 11) is -2.48. The summed E-state index contributed by atoms with van der Waals surface area (Å²) in [5, 5.41) is 16.6. The Kier molecular flexibility index (Phi) is 9.65. The molecule has 1 fully saturated rings. The van der Waals surface area contributed by atoms with Gasteiger partial charge in [-0.1, -0.05) is 0 Å². The van der Waals surface area contributed by atoms with Gasteiger partial charge in [-0.25, -0.2) is 22.4 Å². The predicted octanol–water partition coefficient (Wildman–Crippen LogP) is 4.29. The number of alkyl halides is 3. The highest BCUT2D eigenvalue weighted by Gasteiger charge is 2.38. The maximum atomic E-state index is 13.2. The molecule has 3 N–H and O–H groups in total. The highest BCUT2D eigenvalue weighted by Crippen LogP contribution is 2.31. The van der Waals surface area contributed by atoms with Crippen molar-refractivity contribution in [2.75, 3.05) is 47.8 Å². The Hall–Kier alpha value is -4.53. The Morgan fingerprint density at radius 1 is 0.878 bits per heavy atom. The average Bonchev–Trinajstić information content (AvgIpc) is 2.93. The van der Waals surface area contributed by atoms with E-state index in [1.165, 1.54) is 55.6 Å². The lowest BCUT2D eigenvalue weighted by atomic mass is 10.1. The van der Waals surface area contributed by atoms with E-state index in [0.717, 1.165) is 5.69 Å². The van der Waals surface area contributed by atoms with Gasteiger partial charge in [0, 0.05) is 31.9 Å². The third kappa shape index (κ3) is 8.23. The average molecular weight is 600 g/mol. The molecular formula is C26H25F4N3O7S. The SMILES string of the molecule is COc1ccc(S(=O)(=O)Nc2cc(C(=O)O)ccc2N2CCN(c3ccc(F)cc3)CC2)cc1.O=C(O)C(F)(F)F. The fourth-order valence-corrected chi connectivity index (χ4v) is 4.91. The number of ether oxygens (including phenoxy) is 1. The summed E-state index contributed by atoms with van der Waals surface area (Å²) in [6.45, 7) is 2.41. The lowest BCUT2D eigenvalue weighted by molar-refractivity contribution is -0.192. The van der Waals surface area contributed by atoms with Crippen molar-refractivity contribution < 1.29 is 50.5 Å². The largest absolute Gasteiger partial charge is 0.497 e. The van der Waals surface area contributed by atoms with Gasteiger partial charge < -0.3 is 24.7 Å². The number of carboxylic acids is 2. The quantitative estimate of drug-likeness (QED) is 0.340. The molecule has 1 saturated heterocycles. The molecule has 41 heavy (non-hydrogen) atoms. The van der Waals surface area contributed by atoms with E-state index in [1.807, 2.05) is 4.90 Å². The molecule has 0 radical (unpaired) electrons. The molecule has 0 bridgehead atoms. The number of hydrogen-bond acceptors (Lipinski definition) is 7. The molecule has 10 nitrogen and oxygen atoms in total. The van der Waals surface area contributed by atoms with Gasteiger partial charge in [-0.2, -0.15) is 13.2 Å². The van der Waals surface area contributed by atoms with Crippen LogP contribution in [-0.4, -0.2) is 70.0 Å². The van der Waals surface area contributed by atoms with Crippen molar-refractivity contribution in [1.82, 2.24) is 0 Å². The van der Waals surface area contributed by atoms with Gasteiger partial charge in [-0.15, -0.1) is 0 Å². The first-order valence-corrected chi connectivity index (χ1v) is 13.3. The van der Waals surface area contributed by atoms with Gasteiger partial charge in [-0.05, 0) is 66.7 Å². The highest BCUT2D eigenvalue weighted by atomic mass is 32.2. The van der Waals surface area contributed by atoms with Gasteiger partial charge in [0.2, 0.25) is 0 Å². The number of nitrogens with zero attached hydrogens (tertiary/aromatic N) is 2. The molecule has 0 spiro atoms. The number of hydrogen-bond donors (Lipinski definition) is 3. The normalized spacial score (nSPS) is 13.6. The van der Waals surface area contributed by atoms with Gasteiger partial charge in [-0.3, -0.25) is 4.72 Å². The number of nitrogens with one attached hydrogen (secondary N) is 1. The molecule has 3 aromatic rings. The van der Waals surface area contributed by atoms with Gasteiger partial charge in [0.05, 0.1) is 28.9 Å². The summed E-state index contributed by atoms with van der Waals surface area (Å²) in [6.07, 6.45) is -5.08. The molecular weight excluding hydrogens is 574 g/mol. The van der Waals surface area contributed by atoms with Crippen molar-refractivity contribution in [1.29, 1.82) is 0 Å². The molecule has 3 aromatic carbocycles. The van der Waals surface area contributed by atoms with Crippen molar-refractivity contribution in [3.8, 4) is 5.75 Å². The molecule has 4 rings (SSSR count). The van der Waals surface area contributed by atoms with Crippen LogP contribution in [0.1, 0.15) is 10.4 Å². The first-order valence-electron chi connectivity index (χ1n) is 11.8. The van der Waals surface area contributed by atoms with Gasteiger partial charge in [0.25, 0.3) is 10.0 Å². The second kappa shape index (κ2) is 12.8. The Bertz CT molecular complexity index is 1470. The zero-order valence-electron chi connectivity index (χ0n) is 21.4. The van der Waals surface area contributed by atoms with Crippen molar-refractivity contribution in [3.63, 3.8) is 0 Å². The second-order valence-electron chi connectivity index (χ2n) is 8.57. The molecule has 220 valence electrons. The zero-order chi connectivity index (χ0) is 30.4. The summed E-state index contributed by atoms with van der Waals surface area (Å²) >= 11 is 0. The van der Waals surface area contributed by atoms with Crippen LogP contribution in [0, 0.1) is 5.82 Å². The number of carbonyl (C=O) groups is 2. The Morgan fingerprint density at radius 2 is 1.41 bits per heavy atom. The van der Waals surface area contributed by atoms with Crippen LogP contribution in [0.15, 0.2) is 71.6 Å². The van der Waals surface area contributed by atoms with Crippen molar-refractivity contribution in [2.45, 2.75) is 11.1 Å². The fourth-order valence-electron chi connectivity index (χ4n) is 3.84. The summed E-state index contributed by atoms with van der Waals surface area (Å²) < 4.78 is 78.7. The number of aromatic carboxylic acids is 1. The van der Waals surface area contributed by atoms with E-state index in [9.17, 15) is 35.9 Å². The van der Waals surface area contributed by atoms with Gasteiger partial charge >= 0.3 is 18.1 Å². The number of methoxy groups -OCH3 is 1. The topological polar surface area (TPSA) is 136 Å². The molecule has 0 aliphatic carbocycles. The molecule has 0 saturated carbocycles. The van der Waals surface area contributed by atoms with E-state index in [2.05, 4.69) is 9.62 Å². The monoisotopic (exact) mass is 599 g/mol. The van der Waals surface area contributed by atoms with Crippen LogP contribution in [0.5, 0.6) is 5.75 Å². The Balaban J connectivity index is 0.000000587. The predicted molar refractivity (Wildman–Crippen MR) is 142 cm³/mol. The summed E-state index contributed by atoms with van der Waals surface area (Å²) in [5.74, 6) is -3.69. The number of rotatable bonds is 7. The minimum atomic E-state index is -5.08. The first kappa shape index (κ1) is 31.0. The van der Waals surface area contributed by atoms with Crippen LogP contribution in [0.4, 0.5) is 34.6 Å². The molecule has 0 aromatic heterocycles. The van der Waals surface area contributed by atoms with Crippen LogP contribution in [-0.2, 0) is 14.8 Å². The van der Waals surface area contributed by atoms with E-state index in [-0.39, 0.29) is 22.0 Å². The lowest BCUT2D eigenvalue weighted by Gasteiger charge is -2.38. The first-order chi connectivity index (χ1) is 19.2. The number of anilines is 3. The maximum Gasteiger partial charge on any atom is 0.490 e. The number of sulfonamides is 1. The molecule has 15 heteroatoms. The third-order valence-electron chi connectivity index (χ3n) is 5.91. The summed E-state index contributed by atoms with van der Waals surface area (Å²) in [4.78, 5) is 24.6. The van der Waals surface area contributed by atoms with Crippen molar-refractivity contribution >= 4 is 39.0 Å². The zero-order valence-corrected chi connectivity index (χ0v) is 22.2. The smallest absolute Gasteiger partial charge is 0.490 e. The van der Waals surface area contributed by atoms with Gasteiger partial charge in [0.1, 0.15) is 11.6 Å². The minimum Gasteiger partial charge on any atom is -0.497 e. The lowest BCUT2D eigenvalue weighted by Crippen LogP contribution is -2.46. The number of aliphatic carboxylic acids is 1. The maximum absolute atomic E-state index is 13.2. The number of halogens is 4. The molecule has 1 aliphatic rings. The molecule has 0 atom stereocenters. The molecule has 0 amide bonds. The highest BCUT2D eigenvalue weighted by molar-refractivity contribution is 7.92. The van der Waals surface area contributed by atoms with Crippen LogP contribution < -0.4 is 19.3 Å². The molecule has 1 heterocycles. The number of benzene rings is 3. The molecule has 0 unspecified atom stereocenters. The Morgan fingerprint density at radius 3 is 1.90 bits per heavy atom. The standard InChI is InChI=1S/C24H24FN3O5S.C2HF3O2/c1-33-20-7-9-21(10-8-20)34(31,32)26-22-16-17(24(29)30)2-11-23(22)28-14-12-27(13-15-28)19-5-3-18(25)4-6-19;3-2(4,5)1(6)7/h2-11,16,26H,12-15H2,1H3,(H,29,30);(H,6,7).